The van der Waals surface area contributed by atoms with Gasteiger partial charge in [-0.25, -0.2) is 8.42 Å². The number of benzene rings is 1. The number of amides is 2. The quantitative estimate of drug-likeness (QED) is 0.717. The number of fused-ring (bicyclic) bond motifs is 1. The highest BCUT2D eigenvalue weighted by atomic mass is 32.2. The maximum atomic E-state index is 13.1. The van der Waals surface area contributed by atoms with E-state index in [-0.39, 0.29) is 23.1 Å². The monoisotopic (exact) mass is 461 g/mol. The fourth-order valence-corrected chi connectivity index (χ4v) is 6.45. The summed E-state index contributed by atoms with van der Waals surface area (Å²) in [6, 6.07) is 8.07. The Morgan fingerprint density at radius 2 is 1.94 bits per heavy atom. The van der Waals surface area contributed by atoms with Crippen molar-refractivity contribution in [1.82, 2.24) is 9.62 Å². The van der Waals surface area contributed by atoms with Gasteiger partial charge in [0.05, 0.1) is 11.4 Å². The molecule has 1 aromatic carbocycles. The maximum absolute atomic E-state index is 13.1. The number of thiophene rings is 1. The molecule has 0 spiro atoms. The van der Waals surface area contributed by atoms with Gasteiger partial charge in [0, 0.05) is 36.5 Å². The summed E-state index contributed by atoms with van der Waals surface area (Å²) in [5.74, 6) is -0.381. The summed E-state index contributed by atoms with van der Waals surface area (Å²) >= 11 is 1.56. The van der Waals surface area contributed by atoms with Gasteiger partial charge in [0.1, 0.15) is 6.04 Å². The van der Waals surface area contributed by atoms with Crippen molar-refractivity contribution in [2.45, 2.75) is 56.5 Å². The summed E-state index contributed by atoms with van der Waals surface area (Å²) < 4.78 is 27.7. The predicted molar refractivity (Wildman–Crippen MR) is 120 cm³/mol. The Morgan fingerprint density at radius 1 is 1.16 bits per heavy atom. The van der Waals surface area contributed by atoms with E-state index in [0.29, 0.717) is 31.7 Å². The second-order valence-electron chi connectivity index (χ2n) is 7.89. The largest absolute Gasteiger partial charge is 0.349 e. The van der Waals surface area contributed by atoms with Crippen molar-refractivity contribution in [3.8, 4) is 0 Å². The van der Waals surface area contributed by atoms with Crippen LogP contribution in [0.4, 0.5) is 5.69 Å². The Bertz CT molecular complexity index is 1060. The van der Waals surface area contributed by atoms with Gasteiger partial charge in [0.15, 0.2) is 0 Å². The third-order valence-electron chi connectivity index (χ3n) is 5.88. The first kappa shape index (κ1) is 22.0. The maximum Gasteiger partial charge on any atom is 0.243 e. The third kappa shape index (κ3) is 4.40. The first-order valence-corrected chi connectivity index (χ1v) is 13.0. The van der Waals surface area contributed by atoms with Crippen LogP contribution in [0.1, 0.15) is 43.0 Å². The second kappa shape index (κ2) is 9.10. The molecule has 0 aliphatic carbocycles. The number of nitrogens with one attached hydrogen (secondary N) is 1. The van der Waals surface area contributed by atoms with E-state index in [2.05, 4.69) is 5.32 Å². The van der Waals surface area contributed by atoms with Crippen LogP contribution in [0.15, 0.2) is 40.6 Å². The summed E-state index contributed by atoms with van der Waals surface area (Å²) in [5, 5.41) is 4.87. The number of sulfonamides is 1. The number of nitrogens with zero attached hydrogens (tertiary/aromatic N) is 2. The number of carbonyl (C=O) groups is 2. The zero-order valence-electron chi connectivity index (χ0n) is 17.5. The Morgan fingerprint density at radius 3 is 2.61 bits per heavy atom. The van der Waals surface area contributed by atoms with Gasteiger partial charge in [-0.3, -0.25) is 14.5 Å². The fraction of sp³-hybridized carbons (Fsp3) is 0.455. The van der Waals surface area contributed by atoms with E-state index in [4.69, 9.17) is 0 Å². The zero-order chi connectivity index (χ0) is 22.0. The van der Waals surface area contributed by atoms with Crippen molar-refractivity contribution in [2.24, 2.45) is 0 Å². The first-order chi connectivity index (χ1) is 14.9. The minimum atomic E-state index is -3.57. The van der Waals surface area contributed by atoms with E-state index in [1.165, 1.54) is 9.21 Å². The highest BCUT2D eigenvalue weighted by molar-refractivity contribution is 7.89. The van der Waals surface area contributed by atoms with E-state index >= 15 is 0 Å². The molecule has 1 atom stereocenters. The number of hydrogen-bond acceptors (Lipinski definition) is 5. The van der Waals surface area contributed by atoms with Crippen LogP contribution in [0.25, 0.3) is 0 Å². The second-order valence-corrected chi connectivity index (χ2v) is 10.9. The third-order valence-corrected chi connectivity index (χ3v) is 8.65. The zero-order valence-corrected chi connectivity index (χ0v) is 19.2. The molecule has 2 amide bonds. The summed E-state index contributed by atoms with van der Waals surface area (Å²) in [4.78, 5) is 28.4. The number of piperidine rings is 1. The Hall–Kier alpha value is -2.23. The van der Waals surface area contributed by atoms with Crippen LogP contribution in [-0.2, 0) is 32.6 Å². The predicted octanol–water partition coefficient (Wildman–Crippen LogP) is 2.91. The molecule has 31 heavy (non-hydrogen) atoms. The summed E-state index contributed by atoms with van der Waals surface area (Å²) in [6.07, 6.45) is 3.36. The molecular formula is C22H27N3O4S2. The molecule has 4 rings (SSSR count). The standard InChI is InChI=1S/C22H27N3O4S2/c1-2-21(26)25-19-9-8-18(31(28,29)24-10-4-3-5-11-24)13-16(19)14-20(25)22(27)23-15-17-7-6-12-30-17/h6-9,12-13,20H,2-5,10-11,14-15H2,1H3,(H,23,27)/t20-/m1/s1. The lowest BCUT2D eigenvalue weighted by atomic mass is 10.1. The molecule has 166 valence electrons. The van der Waals surface area contributed by atoms with E-state index < -0.39 is 16.1 Å². The minimum Gasteiger partial charge on any atom is -0.349 e. The molecule has 0 unspecified atom stereocenters. The molecular weight excluding hydrogens is 434 g/mol. The summed E-state index contributed by atoms with van der Waals surface area (Å²) in [6.45, 7) is 3.24. The molecule has 1 aromatic heterocycles. The van der Waals surface area contributed by atoms with Crippen LogP contribution < -0.4 is 10.2 Å². The number of rotatable bonds is 6. The van der Waals surface area contributed by atoms with Gasteiger partial charge in [-0.2, -0.15) is 4.31 Å². The minimum absolute atomic E-state index is 0.151. The average molecular weight is 462 g/mol. The Kier molecular flexibility index (Phi) is 6.45. The van der Waals surface area contributed by atoms with Gasteiger partial charge in [0.2, 0.25) is 21.8 Å². The number of carbonyl (C=O) groups excluding carboxylic acids is 2. The van der Waals surface area contributed by atoms with Crippen LogP contribution in [0.5, 0.6) is 0 Å². The van der Waals surface area contributed by atoms with Gasteiger partial charge < -0.3 is 5.32 Å². The van der Waals surface area contributed by atoms with E-state index in [0.717, 1.165) is 29.7 Å². The molecule has 1 saturated heterocycles. The molecule has 0 saturated carbocycles. The summed E-state index contributed by atoms with van der Waals surface area (Å²) in [7, 11) is -3.57. The van der Waals surface area contributed by atoms with Gasteiger partial charge in [-0.15, -0.1) is 11.3 Å². The molecule has 7 nitrogen and oxygen atoms in total. The molecule has 2 aromatic rings. The number of hydrogen-bond donors (Lipinski definition) is 1. The Labute approximate surface area is 187 Å². The average Bonchev–Trinajstić information content (AvgIpc) is 3.44. The van der Waals surface area contributed by atoms with Crippen LogP contribution in [0.3, 0.4) is 0 Å². The normalized spacial score (nSPS) is 19.3. The first-order valence-electron chi connectivity index (χ1n) is 10.7. The van der Waals surface area contributed by atoms with Crippen LogP contribution in [0.2, 0.25) is 0 Å². The smallest absolute Gasteiger partial charge is 0.243 e. The summed E-state index contributed by atoms with van der Waals surface area (Å²) in [5.41, 5.74) is 1.34. The SMILES string of the molecule is CCC(=O)N1c2ccc(S(=O)(=O)N3CCCCC3)cc2C[C@@H]1C(=O)NCc1cccs1. The van der Waals surface area contributed by atoms with Crippen molar-refractivity contribution in [2.75, 3.05) is 18.0 Å². The van der Waals surface area contributed by atoms with Gasteiger partial charge in [0.25, 0.3) is 0 Å². The van der Waals surface area contributed by atoms with Crippen LogP contribution in [-0.4, -0.2) is 43.7 Å². The molecule has 2 aliphatic heterocycles. The van der Waals surface area contributed by atoms with E-state index in [1.54, 1.807) is 36.5 Å². The number of anilines is 1. The lowest BCUT2D eigenvalue weighted by Crippen LogP contribution is -2.47. The molecule has 3 heterocycles. The molecule has 2 aliphatic rings. The van der Waals surface area contributed by atoms with Crippen molar-refractivity contribution >= 4 is 38.9 Å². The highest BCUT2D eigenvalue weighted by Gasteiger charge is 2.38. The lowest BCUT2D eigenvalue weighted by molar-refractivity contribution is -0.126. The van der Waals surface area contributed by atoms with Gasteiger partial charge in [-0.1, -0.05) is 19.4 Å². The van der Waals surface area contributed by atoms with Gasteiger partial charge >= 0.3 is 0 Å². The molecule has 9 heteroatoms. The lowest BCUT2D eigenvalue weighted by Gasteiger charge is -2.26. The van der Waals surface area contributed by atoms with Crippen molar-refractivity contribution in [1.29, 1.82) is 0 Å². The van der Waals surface area contributed by atoms with Crippen molar-refractivity contribution < 1.29 is 18.0 Å². The van der Waals surface area contributed by atoms with Crippen molar-refractivity contribution in [3.05, 3.63) is 46.2 Å². The van der Waals surface area contributed by atoms with E-state index in [1.807, 2.05) is 17.5 Å². The topological polar surface area (TPSA) is 86.8 Å². The molecule has 1 fully saturated rings. The highest BCUT2D eigenvalue weighted by Crippen LogP contribution is 2.35. The fourth-order valence-electron chi connectivity index (χ4n) is 4.24. The molecule has 1 N–H and O–H groups in total. The van der Waals surface area contributed by atoms with Gasteiger partial charge in [-0.05, 0) is 48.1 Å². The molecule has 0 bridgehead atoms. The van der Waals surface area contributed by atoms with Crippen molar-refractivity contribution in [3.63, 3.8) is 0 Å². The van der Waals surface area contributed by atoms with Crippen LogP contribution in [0, 0.1) is 0 Å². The van der Waals surface area contributed by atoms with Crippen LogP contribution >= 0.6 is 11.3 Å². The molecule has 0 radical (unpaired) electrons. The Balaban J connectivity index is 1.59. The van der Waals surface area contributed by atoms with E-state index in [9.17, 15) is 18.0 Å².